The molecular formula is C7H7BrN2O2S. The number of nitrogens with zero attached hydrogens (tertiary/aromatic N) is 1. The summed E-state index contributed by atoms with van der Waals surface area (Å²) < 4.78 is 2.07. The second-order valence-electron chi connectivity index (χ2n) is 2.73. The normalized spacial score (nSPS) is 15.5. The Morgan fingerprint density at radius 2 is 2.23 bits per heavy atom. The number of aromatic nitrogens is 2. The molecule has 6 heteroatoms. The van der Waals surface area contributed by atoms with Crippen molar-refractivity contribution in [2.75, 3.05) is 5.75 Å². The van der Waals surface area contributed by atoms with Crippen molar-refractivity contribution in [1.82, 2.24) is 9.55 Å². The van der Waals surface area contributed by atoms with Crippen molar-refractivity contribution in [2.45, 2.75) is 18.0 Å². The molecule has 0 unspecified atom stereocenters. The van der Waals surface area contributed by atoms with E-state index in [-0.39, 0.29) is 11.2 Å². The molecule has 1 aliphatic heterocycles. The molecular weight excluding hydrogens is 256 g/mol. The molecule has 1 N–H and O–H groups in total. The van der Waals surface area contributed by atoms with Gasteiger partial charge in [0.2, 0.25) is 0 Å². The molecule has 0 spiro atoms. The molecule has 0 saturated heterocycles. The van der Waals surface area contributed by atoms with Crippen LogP contribution in [0.25, 0.3) is 0 Å². The van der Waals surface area contributed by atoms with E-state index in [9.17, 15) is 9.59 Å². The molecule has 4 nitrogen and oxygen atoms in total. The van der Waals surface area contributed by atoms with Gasteiger partial charge in [-0.3, -0.25) is 14.3 Å². The summed E-state index contributed by atoms with van der Waals surface area (Å²) in [6, 6.07) is 0. The fourth-order valence-electron chi connectivity index (χ4n) is 1.26. The Morgan fingerprint density at radius 3 is 3.00 bits per heavy atom. The van der Waals surface area contributed by atoms with Crippen LogP contribution in [-0.2, 0) is 6.54 Å². The second kappa shape index (κ2) is 3.34. The number of hydrogen-bond donors (Lipinski definition) is 1. The summed E-state index contributed by atoms with van der Waals surface area (Å²) in [5, 5.41) is 0.750. The maximum atomic E-state index is 11.3. The van der Waals surface area contributed by atoms with Gasteiger partial charge in [-0.1, -0.05) is 0 Å². The van der Waals surface area contributed by atoms with Crippen molar-refractivity contribution in [2.24, 2.45) is 0 Å². The molecule has 70 valence electrons. The first kappa shape index (κ1) is 9.08. The van der Waals surface area contributed by atoms with Crippen LogP contribution in [0, 0.1) is 0 Å². The molecule has 0 radical (unpaired) electrons. The highest BCUT2D eigenvalue weighted by Crippen LogP contribution is 2.27. The van der Waals surface area contributed by atoms with Crippen molar-refractivity contribution in [1.29, 1.82) is 0 Å². The van der Waals surface area contributed by atoms with Crippen molar-refractivity contribution in [3.63, 3.8) is 0 Å². The van der Waals surface area contributed by atoms with Crippen LogP contribution in [0.3, 0.4) is 0 Å². The summed E-state index contributed by atoms with van der Waals surface area (Å²) >= 11 is 4.72. The van der Waals surface area contributed by atoms with Crippen LogP contribution in [0.5, 0.6) is 0 Å². The summed E-state index contributed by atoms with van der Waals surface area (Å²) in [4.78, 5) is 24.8. The zero-order valence-electron chi connectivity index (χ0n) is 6.67. The molecule has 2 rings (SSSR count). The quantitative estimate of drug-likeness (QED) is 0.704. The third-order valence-electron chi connectivity index (χ3n) is 1.86. The lowest BCUT2D eigenvalue weighted by atomic mass is 10.4. The van der Waals surface area contributed by atoms with E-state index in [4.69, 9.17) is 0 Å². The first-order valence-corrected chi connectivity index (χ1v) is 5.63. The smallest absolute Gasteiger partial charge is 0.287 e. The third kappa shape index (κ3) is 1.48. The van der Waals surface area contributed by atoms with Gasteiger partial charge >= 0.3 is 5.69 Å². The number of hydrogen-bond acceptors (Lipinski definition) is 3. The maximum Gasteiger partial charge on any atom is 0.329 e. The van der Waals surface area contributed by atoms with E-state index in [2.05, 4.69) is 20.9 Å². The summed E-state index contributed by atoms with van der Waals surface area (Å²) in [5.41, 5.74) is -0.652. The fraction of sp³-hybridized carbons (Fsp3) is 0.429. The molecule has 0 fully saturated rings. The van der Waals surface area contributed by atoms with Crippen molar-refractivity contribution < 1.29 is 0 Å². The molecule has 0 atom stereocenters. The lowest BCUT2D eigenvalue weighted by molar-refractivity contribution is 0.564. The van der Waals surface area contributed by atoms with Crippen LogP contribution in [0.2, 0.25) is 0 Å². The average molecular weight is 263 g/mol. The average Bonchev–Trinajstić information content (AvgIpc) is 2.15. The number of aromatic amines is 1. The lowest BCUT2D eigenvalue weighted by Crippen LogP contribution is -2.33. The number of rotatable bonds is 0. The van der Waals surface area contributed by atoms with E-state index in [0.29, 0.717) is 11.0 Å². The van der Waals surface area contributed by atoms with Crippen LogP contribution in [0.4, 0.5) is 0 Å². The minimum atomic E-state index is -0.342. The number of thioether (sulfide) groups is 1. The Labute approximate surface area is 86.5 Å². The van der Waals surface area contributed by atoms with Gasteiger partial charge in [-0.05, 0) is 22.4 Å². The largest absolute Gasteiger partial charge is 0.329 e. The Hall–Kier alpha value is -0.490. The first-order chi connectivity index (χ1) is 6.20. The summed E-state index contributed by atoms with van der Waals surface area (Å²) in [5.74, 6) is 0.960. The Balaban J connectivity index is 2.77. The molecule has 0 bridgehead atoms. The fourth-order valence-corrected chi connectivity index (χ4v) is 2.94. The minimum absolute atomic E-state index is 0.310. The van der Waals surface area contributed by atoms with Crippen LogP contribution >= 0.6 is 27.7 Å². The zero-order chi connectivity index (χ0) is 9.42. The minimum Gasteiger partial charge on any atom is -0.287 e. The van der Waals surface area contributed by atoms with E-state index < -0.39 is 0 Å². The summed E-state index contributed by atoms with van der Waals surface area (Å²) in [6.07, 6.45) is 0.968. The van der Waals surface area contributed by atoms with Crippen LogP contribution in [0.1, 0.15) is 6.42 Å². The van der Waals surface area contributed by atoms with Crippen molar-refractivity contribution >= 4 is 27.7 Å². The van der Waals surface area contributed by atoms with Crippen molar-refractivity contribution in [3.8, 4) is 0 Å². The highest BCUT2D eigenvalue weighted by atomic mass is 79.9. The predicted molar refractivity (Wildman–Crippen MR) is 54.4 cm³/mol. The molecule has 0 aliphatic carbocycles. The van der Waals surface area contributed by atoms with E-state index in [1.807, 2.05) is 0 Å². The van der Waals surface area contributed by atoms with Gasteiger partial charge in [-0.15, -0.1) is 11.8 Å². The van der Waals surface area contributed by atoms with Crippen LogP contribution < -0.4 is 11.2 Å². The summed E-state index contributed by atoms with van der Waals surface area (Å²) in [6.45, 7) is 0.691. The number of nitrogens with one attached hydrogen (secondary N) is 1. The van der Waals surface area contributed by atoms with E-state index in [1.165, 1.54) is 11.8 Å². The first-order valence-electron chi connectivity index (χ1n) is 3.85. The van der Waals surface area contributed by atoms with E-state index >= 15 is 0 Å². The van der Waals surface area contributed by atoms with E-state index in [0.717, 1.165) is 17.2 Å². The lowest BCUT2D eigenvalue weighted by Gasteiger charge is -2.17. The zero-order valence-corrected chi connectivity index (χ0v) is 9.07. The molecule has 0 saturated carbocycles. The van der Waals surface area contributed by atoms with Crippen LogP contribution in [-0.4, -0.2) is 15.3 Å². The van der Waals surface area contributed by atoms with Crippen molar-refractivity contribution in [3.05, 3.63) is 25.3 Å². The predicted octanol–water partition coefficient (Wildman–Crippen LogP) is 0.795. The molecule has 13 heavy (non-hydrogen) atoms. The monoisotopic (exact) mass is 262 g/mol. The SMILES string of the molecule is O=c1[nH]c(=O)n2c(c1Br)SCCC2. The van der Waals surface area contributed by atoms with Gasteiger partial charge in [-0.2, -0.15) is 0 Å². The molecule has 1 aliphatic rings. The Bertz CT molecular complexity index is 451. The molecule has 0 amide bonds. The molecule has 2 heterocycles. The number of H-pyrrole nitrogens is 1. The molecule has 0 aromatic carbocycles. The molecule has 1 aromatic rings. The molecule has 1 aromatic heterocycles. The van der Waals surface area contributed by atoms with Gasteiger partial charge in [0.25, 0.3) is 5.56 Å². The summed E-state index contributed by atoms with van der Waals surface area (Å²) in [7, 11) is 0. The standard InChI is InChI=1S/C7H7BrN2O2S/c8-4-5(11)9-7(12)10-2-1-3-13-6(4)10/h1-3H2,(H,9,11,12). The van der Waals surface area contributed by atoms with E-state index in [1.54, 1.807) is 4.57 Å². The van der Waals surface area contributed by atoms with Gasteiger partial charge in [0.15, 0.2) is 0 Å². The van der Waals surface area contributed by atoms with Gasteiger partial charge in [0, 0.05) is 12.3 Å². The van der Waals surface area contributed by atoms with Gasteiger partial charge in [0.1, 0.15) is 4.47 Å². The highest BCUT2D eigenvalue weighted by molar-refractivity contribution is 9.10. The number of fused-ring (bicyclic) bond motifs is 1. The highest BCUT2D eigenvalue weighted by Gasteiger charge is 2.16. The van der Waals surface area contributed by atoms with Gasteiger partial charge in [-0.25, -0.2) is 4.79 Å². The second-order valence-corrected chi connectivity index (χ2v) is 4.61. The van der Waals surface area contributed by atoms with Crippen LogP contribution in [0.15, 0.2) is 19.1 Å². The third-order valence-corrected chi connectivity index (χ3v) is 4.05. The maximum absolute atomic E-state index is 11.3. The Kier molecular flexibility index (Phi) is 2.33. The van der Waals surface area contributed by atoms with Gasteiger partial charge in [0.05, 0.1) is 5.03 Å². The Morgan fingerprint density at radius 1 is 1.46 bits per heavy atom. The number of halogens is 1. The topological polar surface area (TPSA) is 54.9 Å². The van der Waals surface area contributed by atoms with Gasteiger partial charge < -0.3 is 0 Å².